The molecule has 2 aromatic heterocycles. The largest absolute Gasteiger partial charge is 0.476 e. The first kappa shape index (κ1) is 17.2. The number of nitrogens with two attached hydrogens (primary N) is 1. The zero-order valence-electron chi connectivity index (χ0n) is 13.2. The first-order chi connectivity index (χ1) is 11.5. The van der Waals surface area contributed by atoms with Crippen LogP contribution >= 0.6 is 11.8 Å². The second-order valence-corrected chi connectivity index (χ2v) is 5.96. The van der Waals surface area contributed by atoms with E-state index >= 15 is 0 Å². The van der Waals surface area contributed by atoms with Crippen LogP contribution in [0.3, 0.4) is 0 Å². The Morgan fingerprint density at radius 1 is 1.29 bits per heavy atom. The molecule has 4 atom stereocenters. The zero-order chi connectivity index (χ0) is 17.4. The van der Waals surface area contributed by atoms with Gasteiger partial charge in [0.2, 0.25) is 11.8 Å². The number of aliphatic hydroxyl groups is 3. The van der Waals surface area contributed by atoms with E-state index < -0.39 is 31.1 Å². The maximum Gasteiger partial charge on any atom is 0.247 e. The first-order valence-electron chi connectivity index (χ1n) is 7.36. The lowest BCUT2D eigenvalue weighted by Gasteiger charge is -2.18. The Morgan fingerprint density at radius 3 is 2.62 bits per heavy atom. The van der Waals surface area contributed by atoms with Crippen molar-refractivity contribution in [2.24, 2.45) is 0 Å². The molecular formula is C13H19N5O5S. The van der Waals surface area contributed by atoms with Gasteiger partial charge in [0.05, 0.1) is 13.2 Å². The number of hydrogen-bond donors (Lipinski definition) is 4. The van der Waals surface area contributed by atoms with Crippen LogP contribution < -0.4 is 10.5 Å². The predicted molar refractivity (Wildman–Crippen MR) is 85.7 cm³/mol. The molecule has 0 aliphatic carbocycles. The second kappa shape index (κ2) is 6.69. The van der Waals surface area contributed by atoms with Crippen molar-refractivity contribution in [2.75, 3.05) is 25.2 Å². The van der Waals surface area contributed by atoms with Gasteiger partial charge in [0.25, 0.3) is 0 Å². The van der Waals surface area contributed by atoms with Crippen molar-refractivity contribution in [1.29, 1.82) is 0 Å². The molecular weight excluding hydrogens is 338 g/mol. The number of nitrogen functional groups attached to an aromatic ring is 1. The van der Waals surface area contributed by atoms with Gasteiger partial charge in [-0.25, -0.2) is 4.98 Å². The minimum absolute atomic E-state index is 0.00787. The lowest BCUT2D eigenvalue weighted by atomic mass is 10.1. The summed E-state index contributed by atoms with van der Waals surface area (Å²) in [5.74, 6) is 0.229. The van der Waals surface area contributed by atoms with Gasteiger partial charge in [0.15, 0.2) is 22.5 Å². The topological polar surface area (TPSA) is 149 Å². The van der Waals surface area contributed by atoms with E-state index in [0.717, 1.165) is 0 Å². The highest BCUT2D eigenvalue weighted by Gasteiger charge is 2.45. The highest BCUT2D eigenvalue weighted by atomic mass is 32.2. The molecule has 1 aliphatic rings. The van der Waals surface area contributed by atoms with Crippen molar-refractivity contribution in [3.63, 3.8) is 0 Å². The number of aromatic nitrogens is 4. The third-order valence-corrected chi connectivity index (χ3v) is 4.38. The molecule has 0 aromatic carbocycles. The van der Waals surface area contributed by atoms with Crippen LogP contribution in [0.5, 0.6) is 5.88 Å². The van der Waals surface area contributed by atoms with Gasteiger partial charge in [0, 0.05) is 0 Å². The fraction of sp³-hybridized carbons (Fsp3) is 0.615. The van der Waals surface area contributed by atoms with Gasteiger partial charge in [-0.05, 0) is 13.2 Å². The van der Waals surface area contributed by atoms with Crippen LogP contribution in [0, 0.1) is 0 Å². The molecule has 10 nitrogen and oxygen atoms in total. The molecule has 3 rings (SSSR count). The Hall–Kier alpha value is -1.66. The maximum absolute atomic E-state index is 10.3. The quantitative estimate of drug-likeness (QED) is 0.498. The van der Waals surface area contributed by atoms with Gasteiger partial charge < -0.3 is 30.5 Å². The zero-order valence-corrected chi connectivity index (χ0v) is 14.0. The third kappa shape index (κ3) is 2.67. The Balaban J connectivity index is 2.17. The van der Waals surface area contributed by atoms with E-state index in [9.17, 15) is 15.3 Å². The molecule has 0 unspecified atom stereocenters. The van der Waals surface area contributed by atoms with Gasteiger partial charge in [-0.3, -0.25) is 4.57 Å². The van der Waals surface area contributed by atoms with Gasteiger partial charge in [-0.15, -0.1) is 0 Å². The Kier molecular flexibility index (Phi) is 4.78. The van der Waals surface area contributed by atoms with Crippen LogP contribution in [-0.4, -0.2) is 72.6 Å². The molecule has 1 saturated heterocycles. The van der Waals surface area contributed by atoms with Crippen molar-refractivity contribution >= 4 is 28.9 Å². The molecule has 1 aliphatic heterocycles. The van der Waals surface area contributed by atoms with Crippen molar-refractivity contribution in [1.82, 2.24) is 19.5 Å². The minimum atomic E-state index is -1.25. The molecule has 5 N–H and O–H groups in total. The maximum atomic E-state index is 10.3. The number of nitrogens with zero attached hydrogens (tertiary/aromatic N) is 4. The first-order valence-corrected chi connectivity index (χ1v) is 8.59. The lowest BCUT2D eigenvalue weighted by Crippen LogP contribution is -2.33. The van der Waals surface area contributed by atoms with Crippen LogP contribution in [0.4, 0.5) is 5.95 Å². The summed E-state index contributed by atoms with van der Waals surface area (Å²) in [5, 5.41) is 30.1. The summed E-state index contributed by atoms with van der Waals surface area (Å²) < 4.78 is 12.6. The molecule has 24 heavy (non-hydrogen) atoms. The highest BCUT2D eigenvalue weighted by molar-refractivity contribution is 7.98. The number of fused-ring (bicyclic) bond motifs is 1. The summed E-state index contributed by atoms with van der Waals surface area (Å²) in [7, 11) is 0. The Labute approximate surface area is 141 Å². The van der Waals surface area contributed by atoms with Crippen LogP contribution in [0.15, 0.2) is 5.16 Å². The number of imidazole rings is 1. The smallest absolute Gasteiger partial charge is 0.247 e. The average molecular weight is 357 g/mol. The summed E-state index contributed by atoms with van der Waals surface area (Å²) in [4.78, 5) is 12.6. The molecule has 0 amide bonds. The molecule has 0 bridgehead atoms. The summed E-state index contributed by atoms with van der Waals surface area (Å²) in [5.41, 5.74) is 6.45. The SMILES string of the molecule is CCOc1nc(N)nc2c1nc(SC)n2[C@@H]1O[C@H](CO)[C@@H](O)[C@H]1O. The minimum Gasteiger partial charge on any atom is -0.476 e. The van der Waals surface area contributed by atoms with Crippen LogP contribution in [0.1, 0.15) is 13.2 Å². The van der Waals surface area contributed by atoms with Crippen molar-refractivity contribution in [3.8, 4) is 5.88 Å². The van der Waals surface area contributed by atoms with E-state index in [-0.39, 0.29) is 11.8 Å². The number of ether oxygens (including phenoxy) is 2. The van der Waals surface area contributed by atoms with Gasteiger partial charge in [-0.1, -0.05) is 11.8 Å². The number of thioether (sulfide) groups is 1. The molecule has 0 radical (unpaired) electrons. The van der Waals surface area contributed by atoms with Gasteiger partial charge in [-0.2, -0.15) is 9.97 Å². The normalized spacial score (nSPS) is 27.0. The monoisotopic (exact) mass is 357 g/mol. The summed E-state index contributed by atoms with van der Waals surface area (Å²) >= 11 is 1.31. The molecule has 0 saturated carbocycles. The summed E-state index contributed by atoms with van der Waals surface area (Å²) in [6.45, 7) is 1.76. The van der Waals surface area contributed by atoms with Gasteiger partial charge >= 0.3 is 0 Å². The van der Waals surface area contributed by atoms with Crippen molar-refractivity contribution < 1.29 is 24.8 Å². The molecule has 0 spiro atoms. The van der Waals surface area contributed by atoms with Crippen molar-refractivity contribution in [2.45, 2.75) is 36.6 Å². The van der Waals surface area contributed by atoms with E-state index in [1.165, 1.54) is 16.3 Å². The van der Waals surface area contributed by atoms with E-state index in [2.05, 4.69) is 15.0 Å². The van der Waals surface area contributed by atoms with E-state index in [1.807, 2.05) is 6.92 Å². The molecule has 2 aromatic rings. The fourth-order valence-electron chi connectivity index (χ4n) is 2.65. The second-order valence-electron chi connectivity index (χ2n) is 5.19. The lowest BCUT2D eigenvalue weighted by molar-refractivity contribution is -0.0548. The summed E-state index contributed by atoms with van der Waals surface area (Å²) in [6.07, 6.45) is -2.54. The molecule has 3 heterocycles. The number of rotatable bonds is 5. The highest BCUT2D eigenvalue weighted by Crippen LogP contribution is 2.36. The van der Waals surface area contributed by atoms with Crippen LogP contribution in [0.25, 0.3) is 11.2 Å². The average Bonchev–Trinajstić information content (AvgIpc) is 3.06. The number of hydrogen-bond acceptors (Lipinski definition) is 10. The molecule has 132 valence electrons. The predicted octanol–water partition coefficient (Wildman–Crippen LogP) is -0.859. The van der Waals surface area contributed by atoms with Crippen LogP contribution in [0.2, 0.25) is 0 Å². The van der Waals surface area contributed by atoms with E-state index in [1.54, 1.807) is 6.26 Å². The van der Waals surface area contributed by atoms with Gasteiger partial charge in [0.1, 0.15) is 18.3 Å². The molecule has 1 fully saturated rings. The molecule has 11 heteroatoms. The van der Waals surface area contributed by atoms with Crippen molar-refractivity contribution in [3.05, 3.63) is 0 Å². The van der Waals surface area contributed by atoms with E-state index in [0.29, 0.717) is 22.9 Å². The fourth-order valence-corrected chi connectivity index (χ4v) is 3.22. The summed E-state index contributed by atoms with van der Waals surface area (Å²) in [6, 6.07) is 0. The third-order valence-electron chi connectivity index (χ3n) is 3.73. The Bertz CT molecular complexity index is 741. The Morgan fingerprint density at radius 2 is 2.04 bits per heavy atom. The number of anilines is 1. The number of aliphatic hydroxyl groups excluding tert-OH is 3. The van der Waals surface area contributed by atoms with Crippen LogP contribution in [-0.2, 0) is 4.74 Å². The standard InChI is InChI=1S/C13H19N5O5S/c1-3-22-10-6-9(16-12(14)17-10)18(13(15-6)24-2)11-8(21)7(20)5(4-19)23-11/h5,7-8,11,19-21H,3-4H2,1-2H3,(H2,14,16,17)/t5-,7-,8-,11-/m1/s1. The van der Waals surface area contributed by atoms with E-state index in [4.69, 9.17) is 15.2 Å².